The van der Waals surface area contributed by atoms with Crippen LogP contribution in [-0.2, 0) is 9.53 Å². The highest BCUT2D eigenvalue weighted by Crippen LogP contribution is 2.29. The number of carbonyl (C=O) groups excluding carboxylic acids is 1. The number of benzene rings is 1. The minimum atomic E-state index is -0.935. The number of ether oxygens (including phenoxy) is 1. The Kier molecular flexibility index (Phi) is 3.85. The highest BCUT2D eigenvalue weighted by atomic mass is 16.6. The summed E-state index contributed by atoms with van der Waals surface area (Å²) in [6.45, 7) is 3.78. The first kappa shape index (κ1) is 13.5. The van der Waals surface area contributed by atoms with Gasteiger partial charge in [0.15, 0.2) is 6.23 Å². The van der Waals surface area contributed by atoms with Crippen LogP contribution in [0.25, 0.3) is 0 Å². The van der Waals surface area contributed by atoms with Gasteiger partial charge in [-0.3, -0.25) is 10.1 Å². The number of rotatable bonds is 5. The molecule has 0 radical (unpaired) electrons. The van der Waals surface area contributed by atoms with Crippen molar-refractivity contribution in [3.05, 3.63) is 35.4 Å². The highest BCUT2D eigenvalue weighted by molar-refractivity contribution is 5.94. The third-order valence-electron chi connectivity index (χ3n) is 3.50. The lowest BCUT2D eigenvalue weighted by atomic mass is 9.98. The lowest BCUT2D eigenvalue weighted by molar-refractivity contribution is -0.142. The van der Waals surface area contributed by atoms with Crippen LogP contribution >= 0.6 is 0 Å². The number of nitrogens with one attached hydrogen (secondary N) is 1. The Labute approximate surface area is 111 Å². The van der Waals surface area contributed by atoms with Gasteiger partial charge in [-0.25, -0.2) is 4.79 Å². The number of carboxylic acids is 1. The topological polar surface area (TPSA) is 75.6 Å². The lowest BCUT2D eigenvalue weighted by Gasteiger charge is -2.23. The van der Waals surface area contributed by atoms with Crippen LogP contribution in [-0.4, -0.2) is 23.1 Å². The van der Waals surface area contributed by atoms with Crippen molar-refractivity contribution < 1.29 is 19.4 Å². The van der Waals surface area contributed by atoms with Crippen LogP contribution < -0.4 is 5.32 Å². The molecular formula is C14H17NO4. The van der Waals surface area contributed by atoms with Gasteiger partial charge in [0.1, 0.15) is 6.04 Å². The van der Waals surface area contributed by atoms with Crippen molar-refractivity contribution in [2.45, 2.75) is 32.5 Å². The Morgan fingerprint density at radius 2 is 2.16 bits per heavy atom. The fraction of sp³-hybridized carbons (Fsp3) is 0.429. The molecule has 0 amide bonds. The number of fused-ring (bicyclic) bond motifs is 1. The normalized spacial score (nSPS) is 20.5. The first-order chi connectivity index (χ1) is 9.04. The average molecular weight is 263 g/mol. The third-order valence-corrected chi connectivity index (χ3v) is 3.50. The average Bonchev–Trinajstić information content (AvgIpc) is 2.72. The molecule has 1 heterocycles. The molecule has 0 spiro atoms. The zero-order valence-electron chi connectivity index (χ0n) is 10.9. The van der Waals surface area contributed by atoms with E-state index < -0.39 is 24.2 Å². The first-order valence-corrected chi connectivity index (χ1v) is 6.33. The van der Waals surface area contributed by atoms with Crippen molar-refractivity contribution in [3.63, 3.8) is 0 Å². The second-order valence-corrected chi connectivity index (χ2v) is 4.74. The molecule has 2 rings (SSSR count). The van der Waals surface area contributed by atoms with E-state index in [1.807, 2.05) is 13.8 Å². The summed E-state index contributed by atoms with van der Waals surface area (Å²) < 4.78 is 5.19. The summed E-state index contributed by atoms with van der Waals surface area (Å²) in [5.74, 6) is -1.40. The van der Waals surface area contributed by atoms with Gasteiger partial charge in [-0.2, -0.15) is 0 Å². The molecule has 0 saturated carbocycles. The number of hydrogen-bond donors (Lipinski definition) is 2. The summed E-state index contributed by atoms with van der Waals surface area (Å²) in [5, 5.41) is 12.2. The van der Waals surface area contributed by atoms with Gasteiger partial charge in [-0.05, 0) is 12.0 Å². The summed E-state index contributed by atoms with van der Waals surface area (Å²) in [7, 11) is 0. The van der Waals surface area contributed by atoms with Crippen LogP contribution in [0.5, 0.6) is 0 Å². The highest BCUT2D eigenvalue weighted by Gasteiger charge is 2.35. The van der Waals surface area contributed by atoms with E-state index in [1.165, 1.54) is 0 Å². The summed E-state index contributed by atoms with van der Waals surface area (Å²) in [6, 6.07) is 6.26. The minimum absolute atomic E-state index is 0.0519. The van der Waals surface area contributed by atoms with Crippen molar-refractivity contribution >= 4 is 11.9 Å². The molecule has 3 atom stereocenters. The van der Waals surface area contributed by atoms with Crippen LogP contribution in [0, 0.1) is 5.92 Å². The zero-order chi connectivity index (χ0) is 14.0. The standard InChI is InChI=1S/C14H17NO4/c1-3-8(2)11(13(16)17)15-12-9-6-4-5-7-10(9)14(18)19-12/h4-8,11-12,15H,3H2,1-2H3,(H,16,17). The molecule has 19 heavy (non-hydrogen) atoms. The SMILES string of the molecule is CCC(C)C(NC1OC(=O)c2ccccc21)C(=O)O. The summed E-state index contributed by atoms with van der Waals surface area (Å²) >= 11 is 0. The van der Waals surface area contributed by atoms with Crippen LogP contribution in [0.15, 0.2) is 24.3 Å². The first-order valence-electron chi connectivity index (χ1n) is 6.33. The number of cyclic esters (lactones) is 1. The van der Waals surface area contributed by atoms with Crippen LogP contribution in [0.4, 0.5) is 0 Å². The zero-order valence-corrected chi connectivity index (χ0v) is 10.9. The largest absolute Gasteiger partial charge is 0.480 e. The molecule has 1 aromatic carbocycles. The lowest BCUT2D eigenvalue weighted by Crippen LogP contribution is -2.43. The number of hydrogen-bond acceptors (Lipinski definition) is 4. The van der Waals surface area contributed by atoms with Gasteiger partial charge in [-0.15, -0.1) is 0 Å². The van der Waals surface area contributed by atoms with Gasteiger partial charge in [0.05, 0.1) is 5.56 Å². The summed E-state index contributed by atoms with van der Waals surface area (Å²) in [5.41, 5.74) is 1.19. The molecule has 1 aromatic rings. The van der Waals surface area contributed by atoms with Crippen molar-refractivity contribution in [1.29, 1.82) is 0 Å². The quantitative estimate of drug-likeness (QED) is 0.794. The van der Waals surface area contributed by atoms with Crippen LogP contribution in [0.2, 0.25) is 0 Å². The fourth-order valence-corrected chi connectivity index (χ4v) is 2.15. The van der Waals surface area contributed by atoms with Crippen molar-refractivity contribution in [2.24, 2.45) is 5.92 Å². The molecule has 102 valence electrons. The molecule has 1 aliphatic heterocycles. The van der Waals surface area contributed by atoms with Crippen LogP contribution in [0.3, 0.4) is 0 Å². The molecule has 0 saturated heterocycles. The molecule has 0 aliphatic carbocycles. The summed E-state index contributed by atoms with van der Waals surface area (Å²) in [4.78, 5) is 22.9. The van der Waals surface area contributed by atoms with E-state index in [1.54, 1.807) is 24.3 Å². The Morgan fingerprint density at radius 3 is 2.79 bits per heavy atom. The van der Waals surface area contributed by atoms with E-state index in [0.717, 1.165) is 6.42 Å². The van der Waals surface area contributed by atoms with Gasteiger partial charge in [0.2, 0.25) is 0 Å². The molecule has 3 unspecified atom stereocenters. The smallest absolute Gasteiger partial charge is 0.340 e. The van der Waals surface area contributed by atoms with Crippen molar-refractivity contribution in [1.82, 2.24) is 5.32 Å². The molecule has 5 heteroatoms. The van der Waals surface area contributed by atoms with Crippen LogP contribution in [0.1, 0.15) is 42.4 Å². The Balaban J connectivity index is 2.20. The van der Waals surface area contributed by atoms with E-state index in [-0.39, 0.29) is 5.92 Å². The molecule has 0 fully saturated rings. The number of aliphatic carboxylic acids is 1. The molecule has 5 nitrogen and oxygen atoms in total. The number of carbonyl (C=O) groups is 2. The molecular weight excluding hydrogens is 246 g/mol. The number of carboxylic acid groups (broad SMARTS) is 1. The maximum atomic E-state index is 11.7. The summed E-state index contributed by atoms with van der Waals surface area (Å²) in [6.07, 6.45) is 0.0468. The molecule has 2 N–H and O–H groups in total. The van der Waals surface area contributed by atoms with Gasteiger partial charge >= 0.3 is 11.9 Å². The number of esters is 1. The van der Waals surface area contributed by atoms with E-state index >= 15 is 0 Å². The fourth-order valence-electron chi connectivity index (χ4n) is 2.15. The van der Waals surface area contributed by atoms with Gasteiger partial charge < -0.3 is 9.84 Å². The predicted molar refractivity (Wildman–Crippen MR) is 68.6 cm³/mol. The van der Waals surface area contributed by atoms with Crippen molar-refractivity contribution in [3.8, 4) is 0 Å². The Bertz CT molecular complexity index is 500. The third kappa shape index (κ3) is 2.61. The molecule has 1 aliphatic rings. The molecule has 0 bridgehead atoms. The van der Waals surface area contributed by atoms with E-state index in [2.05, 4.69) is 5.32 Å². The van der Waals surface area contributed by atoms with E-state index in [9.17, 15) is 14.7 Å². The van der Waals surface area contributed by atoms with Gasteiger partial charge in [0, 0.05) is 5.56 Å². The Hall–Kier alpha value is -1.88. The second-order valence-electron chi connectivity index (χ2n) is 4.74. The van der Waals surface area contributed by atoms with E-state index in [0.29, 0.717) is 11.1 Å². The Morgan fingerprint density at radius 1 is 1.47 bits per heavy atom. The van der Waals surface area contributed by atoms with Gasteiger partial charge in [-0.1, -0.05) is 38.5 Å². The monoisotopic (exact) mass is 263 g/mol. The maximum absolute atomic E-state index is 11.7. The second kappa shape index (κ2) is 5.40. The maximum Gasteiger partial charge on any atom is 0.340 e. The predicted octanol–water partition coefficient (Wildman–Crippen LogP) is 1.94. The molecule has 0 aromatic heterocycles. The van der Waals surface area contributed by atoms with Crippen molar-refractivity contribution in [2.75, 3.05) is 0 Å². The minimum Gasteiger partial charge on any atom is -0.480 e. The van der Waals surface area contributed by atoms with Gasteiger partial charge in [0.25, 0.3) is 0 Å². The van der Waals surface area contributed by atoms with E-state index in [4.69, 9.17) is 4.74 Å².